The predicted octanol–water partition coefficient (Wildman–Crippen LogP) is -0.677. The number of pyridine rings is 1. The molecule has 1 atom stereocenters. The van der Waals surface area contributed by atoms with Crippen LogP contribution in [-0.2, 0) is 14.2 Å². The van der Waals surface area contributed by atoms with E-state index in [0.29, 0.717) is 19.8 Å². The van der Waals surface area contributed by atoms with Crippen molar-refractivity contribution in [1.29, 1.82) is 0 Å². The lowest BCUT2D eigenvalue weighted by Gasteiger charge is -2.41. The quantitative estimate of drug-likeness (QED) is 0.575. The van der Waals surface area contributed by atoms with Gasteiger partial charge in [0.1, 0.15) is 6.17 Å². The summed E-state index contributed by atoms with van der Waals surface area (Å²) < 4.78 is 20.8. The van der Waals surface area contributed by atoms with Crippen LogP contribution in [0.15, 0.2) is 17.1 Å². The van der Waals surface area contributed by atoms with Crippen LogP contribution in [0.4, 0.5) is 4.79 Å². The molecule has 1 aromatic heterocycles. The van der Waals surface area contributed by atoms with E-state index < -0.39 is 18.4 Å². The lowest BCUT2D eigenvalue weighted by molar-refractivity contribution is -0.00494. The van der Waals surface area contributed by atoms with Gasteiger partial charge in [0.25, 0.3) is 5.91 Å². The van der Waals surface area contributed by atoms with Crippen molar-refractivity contribution in [3.05, 3.63) is 28.2 Å². The van der Waals surface area contributed by atoms with Gasteiger partial charge >= 0.3 is 6.16 Å². The molecule has 23 heavy (non-hydrogen) atoms. The van der Waals surface area contributed by atoms with Gasteiger partial charge in [-0.2, -0.15) is 0 Å². The molecular weight excluding hydrogens is 310 g/mol. The second-order valence-electron chi connectivity index (χ2n) is 4.81. The lowest BCUT2D eigenvalue weighted by Crippen LogP contribution is -2.59. The molecule has 10 nitrogen and oxygen atoms in total. The van der Waals surface area contributed by atoms with Crippen LogP contribution >= 0.6 is 0 Å². The van der Waals surface area contributed by atoms with E-state index in [-0.39, 0.29) is 23.5 Å². The van der Waals surface area contributed by atoms with Crippen LogP contribution < -0.4 is 15.6 Å². The van der Waals surface area contributed by atoms with E-state index in [1.165, 1.54) is 16.9 Å². The normalized spacial score (nSPS) is 19.3. The molecule has 1 N–H and O–H groups in total. The fraction of sp³-hybridized carbons (Fsp3) is 0.462. The molecule has 124 valence electrons. The maximum Gasteiger partial charge on any atom is 0.510 e. The molecule has 1 unspecified atom stereocenters. The van der Waals surface area contributed by atoms with Gasteiger partial charge < -0.3 is 29.3 Å². The lowest BCUT2D eigenvalue weighted by atomic mass is 10.2. The number of nitrogens with one attached hydrogen (secondary N) is 1. The van der Waals surface area contributed by atoms with E-state index in [4.69, 9.17) is 9.47 Å². The summed E-state index contributed by atoms with van der Waals surface area (Å²) >= 11 is 0. The number of nitrogens with zero attached hydrogens (tertiary/aromatic N) is 2. The van der Waals surface area contributed by atoms with Crippen LogP contribution in [0, 0.1) is 0 Å². The van der Waals surface area contributed by atoms with Crippen LogP contribution in [-0.4, -0.2) is 61.5 Å². The number of carbonyl (C=O) groups is 2. The Morgan fingerprint density at radius 1 is 1.48 bits per heavy atom. The highest BCUT2D eigenvalue weighted by molar-refractivity contribution is 5.96. The number of hydrogen-bond donors (Lipinski definition) is 1. The minimum atomic E-state index is -0.951. The maximum absolute atomic E-state index is 12.6. The summed E-state index contributed by atoms with van der Waals surface area (Å²) in [6.07, 6.45) is 0.174. The van der Waals surface area contributed by atoms with Crippen molar-refractivity contribution in [2.24, 2.45) is 0 Å². The van der Waals surface area contributed by atoms with E-state index in [1.807, 2.05) is 0 Å². The monoisotopic (exact) mass is 325 g/mol. The van der Waals surface area contributed by atoms with Crippen molar-refractivity contribution < 1.29 is 28.5 Å². The van der Waals surface area contributed by atoms with Gasteiger partial charge in [-0.3, -0.25) is 14.3 Å². The number of hydrogen-bond acceptors (Lipinski definition) is 8. The highest BCUT2D eigenvalue weighted by Gasteiger charge is 2.36. The Hall–Kier alpha value is -2.75. The Balaban J connectivity index is 1.88. The second-order valence-corrected chi connectivity index (χ2v) is 4.81. The zero-order valence-corrected chi connectivity index (χ0v) is 12.3. The number of ether oxygens (including phenoxy) is 4. The molecule has 10 heteroatoms. The minimum Gasteiger partial charge on any atom is -0.451 e. The van der Waals surface area contributed by atoms with Crippen molar-refractivity contribution in [1.82, 2.24) is 9.58 Å². The average Bonchev–Trinajstić information content (AvgIpc) is 2.57. The fourth-order valence-electron chi connectivity index (χ4n) is 2.41. The predicted molar refractivity (Wildman–Crippen MR) is 74.7 cm³/mol. The summed E-state index contributed by atoms with van der Waals surface area (Å²) in [7, 11) is 1.15. The molecule has 2 aliphatic heterocycles. The number of aromatic nitrogens is 1. The molecule has 0 radical (unpaired) electrons. The summed E-state index contributed by atoms with van der Waals surface area (Å²) in [6.45, 7) is 0.623. The van der Waals surface area contributed by atoms with Crippen LogP contribution in [0.25, 0.3) is 0 Å². The Kier molecular flexibility index (Phi) is 4.06. The first-order valence-electron chi connectivity index (χ1n) is 6.86. The first-order chi connectivity index (χ1) is 11.1. The Morgan fingerprint density at radius 2 is 2.30 bits per heavy atom. The molecule has 1 saturated heterocycles. The third-order valence-electron chi connectivity index (χ3n) is 3.48. The number of methoxy groups -OCH3 is 1. The smallest absolute Gasteiger partial charge is 0.451 e. The number of morpholine rings is 1. The molecule has 0 spiro atoms. The van der Waals surface area contributed by atoms with E-state index in [0.717, 1.165) is 7.11 Å². The van der Waals surface area contributed by atoms with Gasteiger partial charge in [-0.1, -0.05) is 0 Å². The van der Waals surface area contributed by atoms with Crippen LogP contribution in [0.3, 0.4) is 0 Å². The number of carbonyl (C=O) groups excluding carboxylic acids is 2. The van der Waals surface area contributed by atoms with Crippen LogP contribution in [0.5, 0.6) is 5.75 Å². The van der Waals surface area contributed by atoms with Crippen molar-refractivity contribution in [3.63, 3.8) is 0 Å². The number of fused-ring (bicyclic) bond motifs is 2. The highest BCUT2D eigenvalue weighted by atomic mass is 16.8. The molecule has 1 fully saturated rings. The summed E-state index contributed by atoms with van der Waals surface area (Å²) in [5.74, 6) is -0.554. The Bertz CT molecular complexity index is 687. The number of amides is 1. The van der Waals surface area contributed by atoms with Crippen molar-refractivity contribution >= 4 is 12.1 Å². The van der Waals surface area contributed by atoms with Gasteiger partial charge in [-0.15, -0.1) is 0 Å². The molecule has 1 amide bonds. The number of rotatable bonds is 3. The molecule has 0 aliphatic carbocycles. The third kappa shape index (κ3) is 2.80. The van der Waals surface area contributed by atoms with Gasteiger partial charge in [0.2, 0.25) is 18.0 Å². The maximum atomic E-state index is 12.6. The fourth-order valence-corrected chi connectivity index (χ4v) is 2.41. The van der Waals surface area contributed by atoms with Crippen LogP contribution in [0.2, 0.25) is 0 Å². The van der Waals surface area contributed by atoms with E-state index >= 15 is 0 Å². The largest absolute Gasteiger partial charge is 0.510 e. The molecule has 3 heterocycles. The summed E-state index contributed by atoms with van der Waals surface area (Å²) in [6, 6.07) is 1.25. The highest BCUT2D eigenvalue weighted by Crippen LogP contribution is 2.22. The van der Waals surface area contributed by atoms with Gasteiger partial charge in [0.05, 0.1) is 20.3 Å². The van der Waals surface area contributed by atoms with Crippen LogP contribution in [0.1, 0.15) is 10.5 Å². The van der Waals surface area contributed by atoms with E-state index in [1.54, 1.807) is 4.90 Å². The Labute approximate surface area is 130 Å². The standard InChI is InChI=1S/C13H15N3O7/c1-20-13(19)23-7-22-11-8(17)2-3-16-10(11)12(18)15-4-5-21-6-9(15)14-16/h2-3,9,14H,4-7H2,1H3. The molecule has 0 aromatic carbocycles. The first-order valence-corrected chi connectivity index (χ1v) is 6.86. The third-order valence-corrected chi connectivity index (χ3v) is 3.48. The summed E-state index contributed by atoms with van der Waals surface area (Å²) in [4.78, 5) is 37.1. The van der Waals surface area contributed by atoms with Gasteiger partial charge in [-0.25, -0.2) is 4.79 Å². The van der Waals surface area contributed by atoms with Crippen molar-refractivity contribution in [2.75, 3.05) is 39.1 Å². The summed E-state index contributed by atoms with van der Waals surface area (Å²) in [5, 5.41) is 0. The molecule has 2 aliphatic rings. The van der Waals surface area contributed by atoms with Gasteiger partial charge in [0.15, 0.2) is 5.69 Å². The zero-order chi connectivity index (χ0) is 16.4. The zero-order valence-electron chi connectivity index (χ0n) is 12.3. The first kappa shape index (κ1) is 15.2. The van der Waals surface area contributed by atoms with Crippen molar-refractivity contribution in [2.45, 2.75) is 6.17 Å². The topological polar surface area (TPSA) is 108 Å². The summed E-state index contributed by atoms with van der Waals surface area (Å²) in [5.41, 5.74) is 2.60. The minimum absolute atomic E-state index is 0.0455. The van der Waals surface area contributed by atoms with E-state index in [2.05, 4.69) is 14.9 Å². The van der Waals surface area contributed by atoms with Gasteiger partial charge in [-0.05, 0) is 0 Å². The van der Waals surface area contributed by atoms with E-state index in [9.17, 15) is 14.4 Å². The molecule has 0 saturated carbocycles. The molecule has 0 bridgehead atoms. The Morgan fingerprint density at radius 3 is 3.09 bits per heavy atom. The molecular formula is C13H15N3O7. The van der Waals surface area contributed by atoms with Gasteiger partial charge in [0, 0.05) is 18.8 Å². The molecule has 3 rings (SSSR count). The SMILES string of the molecule is COC(=O)OCOc1c2n(ccc1=O)NC1COCCN1C2=O. The average molecular weight is 325 g/mol. The molecule has 1 aromatic rings. The second kappa shape index (κ2) is 6.16. The van der Waals surface area contributed by atoms with Crippen molar-refractivity contribution in [3.8, 4) is 5.75 Å².